The van der Waals surface area contributed by atoms with Gasteiger partial charge in [-0.05, 0) is 32.5 Å². The van der Waals surface area contributed by atoms with Crippen LogP contribution < -0.4 is 5.32 Å². The number of ketones is 1. The highest BCUT2D eigenvalue weighted by molar-refractivity contribution is 5.97. The van der Waals surface area contributed by atoms with Gasteiger partial charge in [0.05, 0.1) is 12.1 Å². The third-order valence-electron chi connectivity index (χ3n) is 2.73. The third kappa shape index (κ3) is 2.90. The van der Waals surface area contributed by atoms with E-state index in [4.69, 9.17) is 4.74 Å². The molecule has 0 unspecified atom stereocenters. The first-order valence-corrected chi connectivity index (χ1v) is 5.34. The van der Waals surface area contributed by atoms with Crippen molar-refractivity contribution in [1.29, 1.82) is 0 Å². The molecule has 0 spiro atoms. The lowest BCUT2D eigenvalue weighted by molar-refractivity contribution is 0.0192. The summed E-state index contributed by atoms with van der Waals surface area (Å²) in [5.41, 5.74) is 1.37. The van der Waals surface area contributed by atoms with Gasteiger partial charge in [-0.25, -0.2) is 0 Å². The standard InChI is InChI=1S/C13H19NO2/c1-13(2,16-4)11-7-5-6-10(8-11)12(15)9-14-3/h5-8,14H,9H2,1-4H3. The van der Waals surface area contributed by atoms with E-state index in [1.54, 1.807) is 14.2 Å². The minimum atomic E-state index is -0.365. The van der Waals surface area contributed by atoms with E-state index in [0.717, 1.165) is 11.1 Å². The van der Waals surface area contributed by atoms with Crippen LogP contribution in [0.4, 0.5) is 0 Å². The average molecular weight is 221 g/mol. The van der Waals surface area contributed by atoms with Gasteiger partial charge < -0.3 is 10.1 Å². The van der Waals surface area contributed by atoms with Gasteiger partial charge in [0, 0.05) is 12.7 Å². The zero-order valence-corrected chi connectivity index (χ0v) is 10.3. The van der Waals surface area contributed by atoms with Crippen LogP contribution in [-0.4, -0.2) is 26.5 Å². The molecule has 1 rings (SSSR count). The molecule has 0 bridgehead atoms. The quantitative estimate of drug-likeness (QED) is 0.772. The Balaban J connectivity index is 3.00. The number of Topliss-reactive ketones (excluding diaryl/α,β-unsaturated/α-hetero) is 1. The molecule has 3 heteroatoms. The van der Waals surface area contributed by atoms with Gasteiger partial charge in [0.1, 0.15) is 0 Å². The Morgan fingerprint density at radius 3 is 2.69 bits per heavy atom. The fraction of sp³-hybridized carbons (Fsp3) is 0.462. The average Bonchev–Trinajstić information content (AvgIpc) is 2.29. The van der Waals surface area contributed by atoms with Crippen LogP contribution >= 0.6 is 0 Å². The van der Waals surface area contributed by atoms with Gasteiger partial charge in [-0.1, -0.05) is 18.2 Å². The van der Waals surface area contributed by atoms with Gasteiger partial charge in [-0.15, -0.1) is 0 Å². The van der Waals surface area contributed by atoms with E-state index in [-0.39, 0.29) is 11.4 Å². The number of rotatable bonds is 5. The predicted octanol–water partition coefficient (Wildman–Crippen LogP) is 1.97. The van der Waals surface area contributed by atoms with Crippen molar-refractivity contribution in [3.05, 3.63) is 35.4 Å². The van der Waals surface area contributed by atoms with E-state index in [0.29, 0.717) is 6.54 Å². The number of ether oxygens (including phenoxy) is 1. The number of hydrogen-bond acceptors (Lipinski definition) is 3. The van der Waals surface area contributed by atoms with Crippen molar-refractivity contribution < 1.29 is 9.53 Å². The van der Waals surface area contributed by atoms with Gasteiger partial charge in [0.25, 0.3) is 0 Å². The van der Waals surface area contributed by atoms with Gasteiger partial charge >= 0.3 is 0 Å². The van der Waals surface area contributed by atoms with Crippen molar-refractivity contribution in [2.24, 2.45) is 0 Å². The Morgan fingerprint density at radius 2 is 2.12 bits per heavy atom. The Hall–Kier alpha value is -1.19. The summed E-state index contributed by atoms with van der Waals surface area (Å²) in [6, 6.07) is 7.58. The highest BCUT2D eigenvalue weighted by atomic mass is 16.5. The van der Waals surface area contributed by atoms with E-state index in [1.165, 1.54) is 0 Å². The van der Waals surface area contributed by atoms with Crippen molar-refractivity contribution >= 4 is 5.78 Å². The highest BCUT2D eigenvalue weighted by Gasteiger charge is 2.20. The zero-order valence-electron chi connectivity index (χ0n) is 10.3. The summed E-state index contributed by atoms with van der Waals surface area (Å²) in [7, 11) is 3.43. The Morgan fingerprint density at radius 1 is 1.44 bits per heavy atom. The fourth-order valence-electron chi connectivity index (χ4n) is 1.45. The second-order valence-corrected chi connectivity index (χ2v) is 4.25. The van der Waals surface area contributed by atoms with Gasteiger partial charge in [-0.2, -0.15) is 0 Å². The molecule has 0 saturated carbocycles. The molecule has 1 N–H and O–H groups in total. The molecular formula is C13H19NO2. The van der Waals surface area contributed by atoms with Crippen molar-refractivity contribution in [1.82, 2.24) is 5.32 Å². The first kappa shape index (κ1) is 12.9. The molecule has 0 fully saturated rings. The van der Waals surface area contributed by atoms with Crippen LogP contribution in [0, 0.1) is 0 Å². The molecule has 0 radical (unpaired) electrons. The van der Waals surface area contributed by atoms with Crippen molar-refractivity contribution in [3.8, 4) is 0 Å². The number of nitrogens with one attached hydrogen (secondary N) is 1. The smallest absolute Gasteiger partial charge is 0.176 e. The number of hydrogen-bond donors (Lipinski definition) is 1. The lowest BCUT2D eigenvalue weighted by Crippen LogP contribution is -2.22. The molecule has 1 aromatic carbocycles. The number of likely N-dealkylation sites (N-methyl/N-ethyl adjacent to an activating group) is 1. The predicted molar refractivity (Wildman–Crippen MR) is 64.7 cm³/mol. The van der Waals surface area contributed by atoms with Crippen LogP contribution in [0.2, 0.25) is 0 Å². The molecule has 0 aliphatic rings. The van der Waals surface area contributed by atoms with E-state index >= 15 is 0 Å². The Bertz CT molecular complexity index is 372. The number of methoxy groups -OCH3 is 1. The first-order valence-electron chi connectivity index (χ1n) is 5.34. The zero-order chi connectivity index (χ0) is 12.2. The van der Waals surface area contributed by atoms with Gasteiger partial charge in [-0.3, -0.25) is 4.79 Å². The van der Waals surface area contributed by atoms with E-state index in [1.807, 2.05) is 38.1 Å². The van der Waals surface area contributed by atoms with E-state index < -0.39 is 0 Å². The van der Waals surface area contributed by atoms with E-state index in [9.17, 15) is 4.79 Å². The number of carbonyl (C=O) groups is 1. The van der Waals surface area contributed by atoms with Gasteiger partial charge in [0.2, 0.25) is 0 Å². The molecule has 1 aromatic rings. The molecule has 0 saturated heterocycles. The molecular weight excluding hydrogens is 202 g/mol. The maximum Gasteiger partial charge on any atom is 0.176 e. The first-order chi connectivity index (χ1) is 7.51. The third-order valence-corrected chi connectivity index (χ3v) is 2.73. The maximum atomic E-state index is 11.7. The van der Waals surface area contributed by atoms with E-state index in [2.05, 4.69) is 5.32 Å². The molecule has 0 aliphatic carbocycles. The Kier molecular flexibility index (Phi) is 4.21. The maximum absolute atomic E-state index is 11.7. The Labute approximate surface area is 96.8 Å². The lowest BCUT2D eigenvalue weighted by Gasteiger charge is -2.23. The SMILES string of the molecule is CNCC(=O)c1cccc(C(C)(C)OC)c1. The monoisotopic (exact) mass is 221 g/mol. The fourth-order valence-corrected chi connectivity index (χ4v) is 1.45. The highest BCUT2D eigenvalue weighted by Crippen LogP contribution is 2.24. The minimum Gasteiger partial charge on any atom is -0.374 e. The molecule has 3 nitrogen and oxygen atoms in total. The minimum absolute atomic E-state index is 0.0938. The summed E-state index contributed by atoms with van der Waals surface area (Å²) in [6.07, 6.45) is 0. The second-order valence-electron chi connectivity index (χ2n) is 4.25. The molecule has 0 atom stereocenters. The molecule has 88 valence electrons. The largest absolute Gasteiger partial charge is 0.374 e. The molecule has 0 heterocycles. The normalized spacial score (nSPS) is 11.5. The second kappa shape index (κ2) is 5.23. The summed E-state index contributed by atoms with van der Waals surface area (Å²) in [6.45, 7) is 4.32. The summed E-state index contributed by atoms with van der Waals surface area (Å²) < 4.78 is 5.39. The van der Waals surface area contributed by atoms with Crippen LogP contribution in [0.1, 0.15) is 29.8 Å². The summed E-state index contributed by atoms with van der Waals surface area (Å²) in [5.74, 6) is 0.0938. The van der Waals surface area contributed by atoms with Crippen molar-refractivity contribution in [2.75, 3.05) is 20.7 Å². The van der Waals surface area contributed by atoms with Crippen LogP contribution in [0.15, 0.2) is 24.3 Å². The number of carbonyl (C=O) groups excluding carboxylic acids is 1. The molecule has 0 amide bonds. The molecule has 0 aliphatic heterocycles. The summed E-state index contributed by atoms with van der Waals surface area (Å²) in [5, 5.41) is 2.86. The topological polar surface area (TPSA) is 38.3 Å². The number of benzene rings is 1. The molecule has 0 aromatic heterocycles. The summed E-state index contributed by atoms with van der Waals surface area (Å²) in [4.78, 5) is 11.7. The van der Waals surface area contributed by atoms with Crippen molar-refractivity contribution in [3.63, 3.8) is 0 Å². The lowest BCUT2D eigenvalue weighted by atomic mass is 9.95. The van der Waals surface area contributed by atoms with Crippen LogP contribution in [0.3, 0.4) is 0 Å². The molecule has 16 heavy (non-hydrogen) atoms. The van der Waals surface area contributed by atoms with Crippen LogP contribution in [-0.2, 0) is 10.3 Å². The summed E-state index contributed by atoms with van der Waals surface area (Å²) >= 11 is 0. The van der Waals surface area contributed by atoms with Crippen molar-refractivity contribution in [2.45, 2.75) is 19.4 Å². The van der Waals surface area contributed by atoms with Crippen LogP contribution in [0.25, 0.3) is 0 Å². The van der Waals surface area contributed by atoms with Gasteiger partial charge in [0.15, 0.2) is 5.78 Å². The van der Waals surface area contributed by atoms with Crippen LogP contribution in [0.5, 0.6) is 0 Å².